The first-order valence-corrected chi connectivity index (χ1v) is 5.66. The van der Waals surface area contributed by atoms with E-state index in [1.54, 1.807) is 12.1 Å². The molecule has 0 aromatic heterocycles. The topological polar surface area (TPSA) is 35.5 Å². The van der Waals surface area contributed by atoms with Gasteiger partial charge in [0.05, 0.1) is 0 Å². The molecule has 1 atom stereocenters. The van der Waals surface area contributed by atoms with Crippen LogP contribution in [0, 0.1) is 5.92 Å². The Labute approximate surface area is 95.4 Å². The fourth-order valence-electron chi connectivity index (χ4n) is 1.90. The van der Waals surface area contributed by atoms with Crippen LogP contribution in [0.1, 0.15) is 37.0 Å². The van der Waals surface area contributed by atoms with Crippen LogP contribution >= 0.6 is 0 Å². The SMILES string of the molecule is CCCC(C)C(=O)c1ccc2c(c1)OCO2. The van der Waals surface area contributed by atoms with Crippen LogP contribution < -0.4 is 9.47 Å². The van der Waals surface area contributed by atoms with E-state index in [2.05, 4.69) is 6.92 Å². The fraction of sp³-hybridized carbons (Fsp3) is 0.462. The van der Waals surface area contributed by atoms with E-state index in [0.717, 1.165) is 18.6 Å². The van der Waals surface area contributed by atoms with Gasteiger partial charge in [-0.2, -0.15) is 0 Å². The molecule has 16 heavy (non-hydrogen) atoms. The maximum Gasteiger partial charge on any atom is 0.231 e. The van der Waals surface area contributed by atoms with Gasteiger partial charge in [0.1, 0.15) is 0 Å². The maximum atomic E-state index is 12.0. The molecule has 2 rings (SSSR count). The average Bonchev–Trinajstić information content (AvgIpc) is 2.75. The van der Waals surface area contributed by atoms with Crippen LogP contribution in [0.3, 0.4) is 0 Å². The Morgan fingerprint density at radius 2 is 2.12 bits per heavy atom. The van der Waals surface area contributed by atoms with Crippen molar-refractivity contribution in [1.82, 2.24) is 0 Å². The maximum absolute atomic E-state index is 12.0. The molecule has 3 nitrogen and oxygen atoms in total. The minimum atomic E-state index is 0.0744. The molecule has 0 saturated heterocycles. The zero-order chi connectivity index (χ0) is 11.5. The predicted molar refractivity (Wildman–Crippen MR) is 61.0 cm³/mol. The lowest BCUT2D eigenvalue weighted by atomic mass is 9.95. The molecule has 0 fully saturated rings. The molecule has 0 bridgehead atoms. The van der Waals surface area contributed by atoms with Gasteiger partial charge >= 0.3 is 0 Å². The predicted octanol–water partition coefficient (Wildman–Crippen LogP) is 3.03. The summed E-state index contributed by atoms with van der Waals surface area (Å²) in [6.07, 6.45) is 1.95. The smallest absolute Gasteiger partial charge is 0.231 e. The number of fused-ring (bicyclic) bond motifs is 1. The van der Waals surface area contributed by atoms with Crippen molar-refractivity contribution in [3.63, 3.8) is 0 Å². The second kappa shape index (κ2) is 4.56. The van der Waals surface area contributed by atoms with Crippen LogP contribution in [0.15, 0.2) is 18.2 Å². The molecule has 0 N–H and O–H groups in total. The van der Waals surface area contributed by atoms with E-state index in [4.69, 9.17) is 9.47 Å². The third-order valence-corrected chi connectivity index (χ3v) is 2.83. The Morgan fingerprint density at radius 3 is 2.88 bits per heavy atom. The molecule has 0 saturated carbocycles. The summed E-state index contributed by atoms with van der Waals surface area (Å²) in [6.45, 7) is 4.30. The van der Waals surface area contributed by atoms with Gasteiger partial charge in [0.15, 0.2) is 17.3 Å². The van der Waals surface area contributed by atoms with Crippen LogP contribution in [-0.2, 0) is 0 Å². The van der Waals surface area contributed by atoms with Crippen LogP contribution in [0.2, 0.25) is 0 Å². The van der Waals surface area contributed by atoms with Gasteiger partial charge in [0.2, 0.25) is 6.79 Å². The number of benzene rings is 1. The largest absolute Gasteiger partial charge is 0.454 e. The van der Waals surface area contributed by atoms with Crippen molar-refractivity contribution in [3.05, 3.63) is 23.8 Å². The highest BCUT2D eigenvalue weighted by molar-refractivity contribution is 5.98. The van der Waals surface area contributed by atoms with Gasteiger partial charge in [-0.15, -0.1) is 0 Å². The lowest BCUT2D eigenvalue weighted by molar-refractivity contribution is 0.0923. The summed E-state index contributed by atoms with van der Waals surface area (Å²) in [5.41, 5.74) is 0.713. The average molecular weight is 220 g/mol. The highest BCUT2D eigenvalue weighted by Crippen LogP contribution is 2.33. The molecule has 0 amide bonds. The Morgan fingerprint density at radius 1 is 1.38 bits per heavy atom. The molecule has 0 spiro atoms. The van der Waals surface area contributed by atoms with E-state index in [0.29, 0.717) is 11.3 Å². The van der Waals surface area contributed by atoms with E-state index < -0.39 is 0 Å². The van der Waals surface area contributed by atoms with E-state index >= 15 is 0 Å². The summed E-state index contributed by atoms with van der Waals surface area (Å²) in [6, 6.07) is 5.38. The molecule has 1 aromatic rings. The van der Waals surface area contributed by atoms with Gasteiger partial charge in [-0.05, 0) is 24.6 Å². The van der Waals surface area contributed by atoms with E-state index in [1.807, 2.05) is 13.0 Å². The fourth-order valence-corrected chi connectivity index (χ4v) is 1.90. The summed E-state index contributed by atoms with van der Waals surface area (Å²) < 4.78 is 10.5. The van der Waals surface area contributed by atoms with Crippen LogP contribution in [-0.4, -0.2) is 12.6 Å². The van der Waals surface area contributed by atoms with Crippen molar-refractivity contribution in [2.24, 2.45) is 5.92 Å². The zero-order valence-electron chi connectivity index (χ0n) is 9.66. The molecule has 0 aliphatic carbocycles. The molecule has 1 aliphatic heterocycles. The third-order valence-electron chi connectivity index (χ3n) is 2.83. The number of ether oxygens (including phenoxy) is 2. The Kier molecular flexibility index (Phi) is 3.13. The number of carbonyl (C=O) groups excluding carboxylic acids is 1. The van der Waals surface area contributed by atoms with E-state index in [-0.39, 0.29) is 18.5 Å². The van der Waals surface area contributed by atoms with Crippen molar-refractivity contribution in [1.29, 1.82) is 0 Å². The molecule has 1 heterocycles. The van der Waals surface area contributed by atoms with Gasteiger partial charge in [-0.1, -0.05) is 20.3 Å². The molecular weight excluding hydrogens is 204 g/mol. The summed E-state index contributed by atoms with van der Waals surface area (Å²) in [4.78, 5) is 12.0. The number of ketones is 1. The van der Waals surface area contributed by atoms with E-state index in [9.17, 15) is 4.79 Å². The second-order valence-corrected chi connectivity index (χ2v) is 4.12. The summed E-state index contributed by atoms with van der Waals surface area (Å²) in [5.74, 6) is 1.65. The second-order valence-electron chi connectivity index (χ2n) is 4.12. The quantitative estimate of drug-likeness (QED) is 0.731. The van der Waals surface area contributed by atoms with Gasteiger partial charge in [0, 0.05) is 11.5 Å². The minimum Gasteiger partial charge on any atom is -0.454 e. The third kappa shape index (κ3) is 2.03. The van der Waals surface area contributed by atoms with Crippen LogP contribution in [0.25, 0.3) is 0 Å². The molecule has 1 unspecified atom stereocenters. The Balaban J connectivity index is 2.18. The number of hydrogen-bond acceptors (Lipinski definition) is 3. The van der Waals surface area contributed by atoms with E-state index in [1.165, 1.54) is 0 Å². The lowest BCUT2D eigenvalue weighted by Gasteiger charge is -2.09. The molecule has 86 valence electrons. The van der Waals surface area contributed by atoms with Gasteiger partial charge < -0.3 is 9.47 Å². The highest BCUT2D eigenvalue weighted by atomic mass is 16.7. The van der Waals surface area contributed by atoms with Crippen molar-refractivity contribution >= 4 is 5.78 Å². The number of Topliss-reactive ketones (excluding diaryl/α,β-unsaturated/α-hetero) is 1. The van der Waals surface area contributed by atoms with Crippen molar-refractivity contribution in [2.75, 3.05) is 6.79 Å². The lowest BCUT2D eigenvalue weighted by Crippen LogP contribution is -2.10. The molecular formula is C13H16O3. The Hall–Kier alpha value is -1.51. The first-order valence-electron chi connectivity index (χ1n) is 5.66. The summed E-state index contributed by atoms with van der Waals surface area (Å²) >= 11 is 0. The van der Waals surface area contributed by atoms with Gasteiger partial charge in [-0.3, -0.25) is 4.79 Å². The number of rotatable bonds is 4. The van der Waals surface area contributed by atoms with Crippen molar-refractivity contribution < 1.29 is 14.3 Å². The summed E-state index contributed by atoms with van der Waals surface area (Å²) in [5, 5.41) is 0. The standard InChI is InChI=1S/C13H16O3/c1-3-4-9(2)13(14)10-5-6-11-12(7-10)16-8-15-11/h5-7,9H,3-4,8H2,1-2H3. The summed E-state index contributed by atoms with van der Waals surface area (Å²) in [7, 11) is 0. The molecule has 1 aliphatic rings. The number of carbonyl (C=O) groups is 1. The first kappa shape index (κ1) is 11.0. The molecule has 3 heteroatoms. The molecule has 1 aromatic carbocycles. The van der Waals surface area contributed by atoms with Gasteiger partial charge in [0.25, 0.3) is 0 Å². The number of hydrogen-bond donors (Lipinski definition) is 0. The zero-order valence-corrected chi connectivity index (χ0v) is 9.66. The molecule has 0 radical (unpaired) electrons. The van der Waals surface area contributed by atoms with Crippen molar-refractivity contribution in [2.45, 2.75) is 26.7 Å². The van der Waals surface area contributed by atoms with Crippen LogP contribution in [0.4, 0.5) is 0 Å². The van der Waals surface area contributed by atoms with Gasteiger partial charge in [-0.25, -0.2) is 0 Å². The highest BCUT2D eigenvalue weighted by Gasteiger charge is 2.19. The van der Waals surface area contributed by atoms with Crippen LogP contribution in [0.5, 0.6) is 11.5 Å². The van der Waals surface area contributed by atoms with Crippen molar-refractivity contribution in [3.8, 4) is 11.5 Å². The monoisotopic (exact) mass is 220 g/mol. The normalized spacial score (nSPS) is 14.9. The first-order chi connectivity index (χ1) is 7.72. The minimum absolute atomic E-state index is 0.0744. The Bertz CT molecular complexity index is 398.